The molecule has 1 atom stereocenters. The van der Waals surface area contributed by atoms with E-state index in [1.165, 1.54) is 0 Å². The normalized spacial score (nSPS) is 17.7. The molecular weight excluding hydrogens is 288 g/mol. The van der Waals surface area contributed by atoms with Crippen LogP contribution in [0.15, 0.2) is 6.20 Å². The summed E-state index contributed by atoms with van der Waals surface area (Å²) in [7, 11) is 0. The van der Waals surface area contributed by atoms with Gasteiger partial charge in [-0.1, -0.05) is 0 Å². The number of aromatic nitrogens is 3. The maximum atomic E-state index is 13.6. The van der Waals surface area contributed by atoms with Crippen LogP contribution in [-0.4, -0.2) is 20.6 Å². The topological polar surface area (TPSA) is 42.7 Å². The Hall–Kier alpha value is -2.12. The van der Waals surface area contributed by atoms with E-state index in [0.717, 1.165) is 11.5 Å². The number of fused-ring (bicyclic) bond motifs is 1. The Labute approximate surface area is 117 Å². The van der Waals surface area contributed by atoms with Crippen molar-refractivity contribution < 1.29 is 17.6 Å². The lowest BCUT2D eigenvalue weighted by Gasteiger charge is -2.25. The van der Waals surface area contributed by atoms with E-state index in [1.807, 2.05) is 17.7 Å². The van der Waals surface area contributed by atoms with Gasteiger partial charge in [-0.15, -0.1) is 0 Å². The molecule has 1 aliphatic heterocycles. The van der Waals surface area contributed by atoms with E-state index in [0.29, 0.717) is 19.4 Å². The summed E-state index contributed by atoms with van der Waals surface area (Å²) in [6.07, 6.45) is 3.00. The van der Waals surface area contributed by atoms with Crippen molar-refractivity contribution in [1.29, 1.82) is 0 Å². The van der Waals surface area contributed by atoms with Gasteiger partial charge in [-0.25, -0.2) is 4.98 Å². The van der Waals surface area contributed by atoms with Gasteiger partial charge in [0.15, 0.2) is 0 Å². The van der Waals surface area contributed by atoms with Crippen molar-refractivity contribution in [2.24, 2.45) is 0 Å². The lowest BCUT2D eigenvalue weighted by atomic mass is 10.1. The molecule has 0 saturated heterocycles. The Bertz CT molecular complexity index is 672. The van der Waals surface area contributed by atoms with Crippen LogP contribution in [0.2, 0.25) is 0 Å². The van der Waals surface area contributed by atoms with Crippen molar-refractivity contribution in [3.63, 3.8) is 0 Å². The summed E-state index contributed by atoms with van der Waals surface area (Å²) in [4.78, 5) is 6.84. The fraction of sp³-hybridized carbons (Fsp3) is 0.385. The van der Waals surface area contributed by atoms with Gasteiger partial charge in [-0.3, -0.25) is 0 Å². The third-order valence-corrected chi connectivity index (χ3v) is 3.46. The minimum atomic E-state index is -1.66. The Balaban J connectivity index is 1.86. The summed E-state index contributed by atoms with van der Waals surface area (Å²) in [5, 5.41) is 2.53. The predicted octanol–water partition coefficient (Wildman–Crippen LogP) is 2.57. The lowest BCUT2D eigenvalue weighted by Crippen LogP contribution is -2.32. The summed E-state index contributed by atoms with van der Waals surface area (Å²) < 4.78 is 55.1. The van der Waals surface area contributed by atoms with E-state index in [4.69, 9.17) is 0 Å². The SMILES string of the molecule is Cc1cn2c(n1)CCC(Nc1c(F)c(F)nc(F)c1F)C2. The van der Waals surface area contributed by atoms with Gasteiger partial charge in [-0.2, -0.15) is 22.5 Å². The maximum Gasteiger partial charge on any atom is 0.253 e. The van der Waals surface area contributed by atoms with Crippen LogP contribution in [0.3, 0.4) is 0 Å². The average molecular weight is 300 g/mol. The second kappa shape index (κ2) is 5.01. The molecule has 0 aliphatic carbocycles. The molecule has 1 aliphatic rings. The number of halogens is 4. The third kappa shape index (κ3) is 2.45. The van der Waals surface area contributed by atoms with Gasteiger partial charge in [-0.05, 0) is 13.3 Å². The zero-order valence-electron chi connectivity index (χ0n) is 11.1. The Morgan fingerprint density at radius 3 is 2.48 bits per heavy atom. The monoisotopic (exact) mass is 300 g/mol. The highest BCUT2D eigenvalue weighted by Crippen LogP contribution is 2.25. The van der Waals surface area contributed by atoms with Gasteiger partial charge >= 0.3 is 0 Å². The van der Waals surface area contributed by atoms with Crippen LogP contribution in [0.25, 0.3) is 0 Å². The minimum Gasteiger partial charge on any atom is -0.375 e. The highest BCUT2D eigenvalue weighted by atomic mass is 19.2. The number of rotatable bonds is 2. The first-order chi connectivity index (χ1) is 9.95. The van der Waals surface area contributed by atoms with Crippen LogP contribution in [0.4, 0.5) is 23.2 Å². The molecule has 0 bridgehead atoms. The molecule has 8 heteroatoms. The molecule has 0 aromatic carbocycles. The molecular formula is C13H12F4N4. The molecule has 0 amide bonds. The van der Waals surface area contributed by atoms with E-state index < -0.39 is 29.2 Å². The van der Waals surface area contributed by atoms with Gasteiger partial charge in [0.25, 0.3) is 11.9 Å². The number of hydrogen-bond donors (Lipinski definition) is 1. The predicted molar refractivity (Wildman–Crippen MR) is 66.8 cm³/mol. The minimum absolute atomic E-state index is 0.351. The van der Waals surface area contributed by atoms with Gasteiger partial charge in [0, 0.05) is 25.2 Å². The van der Waals surface area contributed by atoms with E-state index >= 15 is 0 Å². The van der Waals surface area contributed by atoms with Crippen LogP contribution in [0.5, 0.6) is 0 Å². The summed E-state index contributed by atoms with van der Waals surface area (Å²) in [5.41, 5.74) is 0.0364. The van der Waals surface area contributed by atoms with Crippen LogP contribution < -0.4 is 5.32 Å². The first kappa shape index (κ1) is 13.8. The summed E-state index contributed by atoms with van der Waals surface area (Å²) in [5.74, 6) is -5.46. The summed E-state index contributed by atoms with van der Waals surface area (Å²) in [6, 6.07) is -0.351. The Kier molecular flexibility index (Phi) is 3.30. The van der Waals surface area contributed by atoms with Crippen LogP contribution in [0, 0.1) is 30.5 Å². The Morgan fingerprint density at radius 2 is 1.81 bits per heavy atom. The van der Waals surface area contributed by atoms with Crippen molar-refractivity contribution in [2.45, 2.75) is 32.4 Å². The number of imidazole rings is 1. The quantitative estimate of drug-likeness (QED) is 0.685. The molecule has 4 nitrogen and oxygen atoms in total. The van der Waals surface area contributed by atoms with E-state index in [-0.39, 0.29) is 6.04 Å². The fourth-order valence-corrected chi connectivity index (χ4v) is 2.52. The zero-order chi connectivity index (χ0) is 15.1. The number of nitrogens with zero attached hydrogens (tertiary/aromatic N) is 3. The average Bonchev–Trinajstić information content (AvgIpc) is 2.80. The van der Waals surface area contributed by atoms with Gasteiger partial charge in [0.05, 0.1) is 5.69 Å². The zero-order valence-corrected chi connectivity index (χ0v) is 11.1. The fourth-order valence-electron chi connectivity index (χ4n) is 2.52. The van der Waals surface area contributed by atoms with Crippen LogP contribution in [0.1, 0.15) is 17.9 Å². The number of aryl methyl sites for hydroxylation is 2. The van der Waals surface area contributed by atoms with Gasteiger partial charge in [0.2, 0.25) is 11.6 Å². The molecule has 0 saturated carbocycles. The number of pyridine rings is 1. The molecule has 2 aromatic heterocycles. The van der Waals surface area contributed by atoms with Crippen molar-refractivity contribution in [3.8, 4) is 0 Å². The maximum absolute atomic E-state index is 13.6. The van der Waals surface area contributed by atoms with E-state index in [2.05, 4.69) is 15.3 Å². The van der Waals surface area contributed by atoms with E-state index in [9.17, 15) is 17.6 Å². The molecule has 0 spiro atoms. The van der Waals surface area contributed by atoms with Crippen molar-refractivity contribution >= 4 is 5.69 Å². The molecule has 1 N–H and O–H groups in total. The molecule has 21 heavy (non-hydrogen) atoms. The first-order valence-corrected chi connectivity index (χ1v) is 6.45. The van der Waals surface area contributed by atoms with Crippen LogP contribution in [-0.2, 0) is 13.0 Å². The molecule has 112 valence electrons. The van der Waals surface area contributed by atoms with Crippen LogP contribution >= 0.6 is 0 Å². The molecule has 3 rings (SSSR count). The summed E-state index contributed by atoms with van der Waals surface area (Å²) in [6.45, 7) is 2.27. The molecule has 3 heterocycles. The lowest BCUT2D eigenvalue weighted by molar-refractivity contribution is 0.405. The summed E-state index contributed by atoms with van der Waals surface area (Å²) >= 11 is 0. The Morgan fingerprint density at radius 1 is 1.14 bits per heavy atom. The second-order valence-electron chi connectivity index (χ2n) is 5.03. The van der Waals surface area contributed by atoms with E-state index in [1.54, 1.807) is 0 Å². The third-order valence-electron chi connectivity index (χ3n) is 3.46. The molecule has 1 unspecified atom stereocenters. The standard InChI is InChI=1S/C13H12F4N4/c1-6-4-21-5-7(2-3-8(21)18-6)19-11-9(14)12(16)20-13(17)10(11)15/h4,7H,2-3,5H2,1H3,(H,19,20). The molecule has 0 radical (unpaired) electrons. The van der Waals surface area contributed by atoms with Crippen molar-refractivity contribution in [2.75, 3.05) is 5.32 Å². The first-order valence-electron chi connectivity index (χ1n) is 6.45. The van der Waals surface area contributed by atoms with Gasteiger partial charge < -0.3 is 9.88 Å². The number of anilines is 1. The number of hydrogen-bond acceptors (Lipinski definition) is 3. The van der Waals surface area contributed by atoms with Crippen molar-refractivity contribution in [1.82, 2.24) is 14.5 Å². The highest BCUT2D eigenvalue weighted by molar-refractivity contribution is 5.46. The molecule has 2 aromatic rings. The largest absolute Gasteiger partial charge is 0.375 e. The van der Waals surface area contributed by atoms with Crippen molar-refractivity contribution in [3.05, 3.63) is 41.2 Å². The smallest absolute Gasteiger partial charge is 0.253 e. The highest BCUT2D eigenvalue weighted by Gasteiger charge is 2.25. The number of nitrogens with one attached hydrogen (secondary N) is 1. The molecule has 0 fully saturated rings. The van der Waals surface area contributed by atoms with Gasteiger partial charge in [0.1, 0.15) is 11.5 Å². The second-order valence-corrected chi connectivity index (χ2v) is 5.03.